The third-order valence-corrected chi connectivity index (χ3v) is 6.93. The molecule has 1 aromatic heterocycles. The Balaban J connectivity index is 1.64. The van der Waals surface area contributed by atoms with E-state index in [2.05, 4.69) is 79.1 Å². The Hall–Kier alpha value is -3.42. The van der Waals surface area contributed by atoms with Crippen LogP contribution >= 0.6 is 24.0 Å². The molecule has 1 atom stereocenters. The zero-order chi connectivity index (χ0) is 23.7. The van der Waals surface area contributed by atoms with Gasteiger partial charge in [-0.05, 0) is 68.2 Å². The fourth-order valence-electron chi connectivity index (χ4n) is 4.19. The van der Waals surface area contributed by atoms with Gasteiger partial charge in [0.1, 0.15) is 0 Å². The molecule has 1 unspecified atom stereocenters. The van der Waals surface area contributed by atoms with Gasteiger partial charge in [0.25, 0.3) is 5.89 Å². The Kier molecular flexibility index (Phi) is 6.22. The number of nitrogens with one attached hydrogen (secondary N) is 1. The molecule has 0 radical (unpaired) electrons. The molecule has 5 nitrogen and oxygen atoms in total. The van der Waals surface area contributed by atoms with Crippen LogP contribution in [0.4, 0.5) is 5.69 Å². The number of benzene rings is 3. The highest BCUT2D eigenvalue weighted by molar-refractivity contribution is 7.98. The molecular weight excluding hydrogens is 460 g/mol. The van der Waals surface area contributed by atoms with Gasteiger partial charge in [-0.2, -0.15) is 4.98 Å². The molecule has 2 heterocycles. The van der Waals surface area contributed by atoms with E-state index in [0.717, 1.165) is 33.6 Å². The summed E-state index contributed by atoms with van der Waals surface area (Å²) in [6.45, 7) is 4.10. The maximum atomic E-state index is 5.84. The summed E-state index contributed by atoms with van der Waals surface area (Å²) in [5.41, 5.74) is 5.98. The zero-order valence-corrected chi connectivity index (χ0v) is 20.8. The Labute approximate surface area is 208 Å². The van der Waals surface area contributed by atoms with Crippen molar-refractivity contribution < 1.29 is 4.52 Å². The highest BCUT2D eigenvalue weighted by Crippen LogP contribution is 2.39. The average Bonchev–Trinajstić information content (AvgIpc) is 3.34. The normalized spacial score (nSPS) is 16.0. The van der Waals surface area contributed by atoms with Crippen molar-refractivity contribution in [2.45, 2.75) is 24.8 Å². The summed E-state index contributed by atoms with van der Waals surface area (Å²) < 4.78 is 5.84. The number of aryl methyl sites for hydroxylation is 1. The first-order chi connectivity index (χ1) is 16.5. The van der Waals surface area contributed by atoms with Gasteiger partial charge in [0.2, 0.25) is 5.82 Å². The molecule has 1 aliphatic heterocycles. The lowest BCUT2D eigenvalue weighted by Gasteiger charge is -2.37. The molecule has 7 heteroatoms. The molecule has 4 aromatic rings. The van der Waals surface area contributed by atoms with E-state index < -0.39 is 0 Å². The van der Waals surface area contributed by atoms with Crippen LogP contribution < -0.4 is 10.2 Å². The number of hydrogen-bond acceptors (Lipinski definition) is 5. The first kappa shape index (κ1) is 22.4. The van der Waals surface area contributed by atoms with E-state index in [1.807, 2.05) is 35.2 Å². The van der Waals surface area contributed by atoms with Crippen LogP contribution in [0.3, 0.4) is 0 Å². The van der Waals surface area contributed by atoms with Crippen LogP contribution in [-0.2, 0) is 0 Å². The summed E-state index contributed by atoms with van der Waals surface area (Å²) in [5, 5.41) is 8.45. The van der Waals surface area contributed by atoms with E-state index in [4.69, 9.17) is 21.7 Å². The topological polar surface area (TPSA) is 54.2 Å². The van der Waals surface area contributed by atoms with Crippen LogP contribution in [0.1, 0.15) is 30.0 Å². The number of aromatic nitrogens is 2. The molecule has 0 saturated carbocycles. The van der Waals surface area contributed by atoms with Gasteiger partial charge >= 0.3 is 0 Å². The molecule has 170 valence electrons. The van der Waals surface area contributed by atoms with E-state index in [9.17, 15) is 0 Å². The summed E-state index contributed by atoms with van der Waals surface area (Å²) in [4.78, 5) is 8.03. The Morgan fingerprint density at radius 2 is 1.74 bits per heavy atom. The molecule has 1 aliphatic rings. The Morgan fingerprint density at radius 1 is 0.971 bits per heavy atom. The summed E-state index contributed by atoms with van der Waals surface area (Å²) in [5.74, 6) is 1.04. The van der Waals surface area contributed by atoms with E-state index in [-0.39, 0.29) is 6.04 Å². The lowest BCUT2D eigenvalue weighted by atomic mass is 9.94. The standard InChI is InChI=1S/C27H24N4OS2/c1-17-8-7-11-20(16-17)25-29-26(32-30-25)23-18(2)31(21-12-14-22(34-3)15-13-21)27(33)28-24(23)19-9-5-4-6-10-19/h4-16,24H,1-3H3,(H,28,33). The smallest absolute Gasteiger partial charge is 0.258 e. The van der Waals surface area contributed by atoms with E-state index in [0.29, 0.717) is 16.8 Å². The van der Waals surface area contributed by atoms with Crippen molar-refractivity contribution >= 4 is 40.4 Å². The first-order valence-electron chi connectivity index (χ1n) is 11.0. The van der Waals surface area contributed by atoms with Gasteiger partial charge in [0.15, 0.2) is 5.11 Å². The largest absolute Gasteiger partial charge is 0.351 e. The number of allylic oxidation sites excluding steroid dienone is 1. The highest BCUT2D eigenvalue weighted by Gasteiger charge is 2.34. The van der Waals surface area contributed by atoms with Crippen LogP contribution in [0.5, 0.6) is 0 Å². The van der Waals surface area contributed by atoms with Crippen molar-refractivity contribution in [3.05, 3.63) is 102 Å². The zero-order valence-electron chi connectivity index (χ0n) is 19.1. The fourth-order valence-corrected chi connectivity index (χ4v) is 4.96. The fraction of sp³-hybridized carbons (Fsp3) is 0.148. The maximum Gasteiger partial charge on any atom is 0.258 e. The molecule has 1 N–H and O–H groups in total. The first-order valence-corrected chi connectivity index (χ1v) is 12.6. The minimum atomic E-state index is -0.207. The van der Waals surface area contributed by atoms with E-state index in [1.54, 1.807) is 11.8 Å². The predicted molar refractivity (Wildman–Crippen MR) is 143 cm³/mol. The number of hydrogen-bond donors (Lipinski definition) is 1. The number of thioether (sulfide) groups is 1. The molecular formula is C27H24N4OS2. The molecule has 5 rings (SSSR count). The van der Waals surface area contributed by atoms with Crippen molar-refractivity contribution in [1.29, 1.82) is 0 Å². The highest BCUT2D eigenvalue weighted by atomic mass is 32.2. The van der Waals surface area contributed by atoms with Gasteiger partial charge in [-0.1, -0.05) is 59.3 Å². The van der Waals surface area contributed by atoms with Crippen molar-refractivity contribution in [2.75, 3.05) is 11.2 Å². The van der Waals surface area contributed by atoms with Gasteiger partial charge in [0.05, 0.1) is 11.6 Å². The van der Waals surface area contributed by atoms with E-state index >= 15 is 0 Å². The van der Waals surface area contributed by atoms with Crippen LogP contribution in [0, 0.1) is 6.92 Å². The third kappa shape index (κ3) is 4.24. The number of nitrogens with zero attached hydrogens (tertiary/aromatic N) is 3. The van der Waals surface area contributed by atoms with Gasteiger partial charge in [-0.3, -0.25) is 4.90 Å². The quantitative estimate of drug-likeness (QED) is 0.252. The van der Waals surface area contributed by atoms with Crippen LogP contribution in [0.2, 0.25) is 0 Å². The van der Waals surface area contributed by atoms with Crippen LogP contribution in [0.25, 0.3) is 17.0 Å². The van der Waals surface area contributed by atoms with Gasteiger partial charge in [-0.25, -0.2) is 0 Å². The molecule has 0 fully saturated rings. The molecule has 3 aromatic carbocycles. The Morgan fingerprint density at radius 3 is 2.44 bits per heavy atom. The minimum Gasteiger partial charge on any atom is -0.351 e. The van der Waals surface area contributed by atoms with Crippen molar-refractivity contribution in [2.24, 2.45) is 0 Å². The molecule has 0 saturated heterocycles. The third-order valence-electron chi connectivity index (χ3n) is 5.88. The van der Waals surface area contributed by atoms with Gasteiger partial charge in [-0.15, -0.1) is 11.8 Å². The van der Waals surface area contributed by atoms with E-state index in [1.165, 1.54) is 4.90 Å². The second-order valence-corrected chi connectivity index (χ2v) is 9.38. The van der Waals surface area contributed by atoms with Crippen molar-refractivity contribution in [3.8, 4) is 11.4 Å². The SMILES string of the molecule is CSc1ccc(N2C(=S)NC(c3ccccc3)C(c3nc(-c4cccc(C)c4)no3)=C2C)cc1. The molecule has 0 spiro atoms. The summed E-state index contributed by atoms with van der Waals surface area (Å²) >= 11 is 7.54. The summed E-state index contributed by atoms with van der Waals surface area (Å²) in [7, 11) is 0. The van der Waals surface area contributed by atoms with Crippen LogP contribution in [0.15, 0.2) is 94.0 Å². The average molecular weight is 485 g/mol. The maximum absolute atomic E-state index is 5.84. The monoisotopic (exact) mass is 484 g/mol. The number of anilines is 1. The number of thiocarbonyl (C=S) groups is 1. The van der Waals surface area contributed by atoms with Crippen LogP contribution in [-0.4, -0.2) is 21.5 Å². The van der Waals surface area contributed by atoms with Gasteiger partial charge < -0.3 is 9.84 Å². The van der Waals surface area contributed by atoms with Crippen molar-refractivity contribution in [1.82, 2.24) is 15.5 Å². The second-order valence-electron chi connectivity index (χ2n) is 8.12. The summed E-state index contributed by atoms with van der Waals surface area (Å²) in [6, 6.07) is 26.4. The van der Waals surface area contributed by atoms with Gasteiger partial charge in [0, 0.05) is 21.8 Å². The molecule has 0 bridgehead atoms. The summed E-state index contributed by atoms with van der Waals surface area (Å²) in [6.07, 6.45) is 2.07. The molecule has 0 amide bonds. The lowest BCUT2D eigenvalue weighted by molar-refractivity contribution is 0.404. The number of rotatable bonds is 5. The Bertz CT molecular complexity index is 1360. The molecule has 0 aliphatic carbocycles. The predicted octanol–water partition coefficient (Wildman–Crippen LogP) is 6.63. The van der Waals surface area contributed by atoms with Crippen molar-refractivity contribution in [3.63, 3.8) is 0 Å². The second kappa shape index (κ2) is 9.44. The molecule has 34 heavy (non-hydrogen) atoms. The lowest BCUT2D eigenvalue weighted by Crippen LogP contribution is -2.46. The minimum absolute atomic E-state index is 0.207.